The van der Waals surface area contributed by atoms with Crippen molar-refractivity contribution in [2.75, 3.05) is 7.05 Å². The molecular formula is C16H23N3O3. The number of nitrogens with zero attached hydrogens (tertiary/aromatic N) is 1. The molecule has 1 amide bonds. The normalized spacial score (nSPS) is 17.9. The Labute approximate surface area is 130 Å². The second-order valence-corrected chi connectivity index (χ2v) is 6.29. The molecule has 1 aromatic rings. The van der Waals surface area contributed by atoms with Gasteiger partial charge >= 0.3 is 6.09 Å². The van der Waals surface area contributed by atoms with Crippen LogP contribution in [0.25, 0.3) is 0 Å². The average Bonchev–Trinajstić information content (AvgIpc) is 2.82. The Kier molecular flexibility index (Phi) is 4.71. The fourth-order valence-electron chi connectivity index (χ4n) is 2.71. The summed E-state index contributed by atoms with van der Waals surface area (Å²) in [4.78, 5) is 16.0. The maximum absolute atomic E-state index is 11.9. The number of fused-ring (bicyclic) bond motifs is 1. The molecule has 1 aliphatic rings. The molecule has 0 radical (unpaired) electrons. The van der Waals surface area contributed by atoms with Crippen molar-refractivity contribution in [1.29, 1.82) is 0 Å². The number of aliphatic imine (C=N–C) groups is 1. The maximum Gasteiger partial charge on any atom is 0.408 e. The Morgan fingerprint density at radius 3 is 2.73 bits per heavy atom. The van der Waals surface area contributed by atoms with Crippen molar-refractivity contribution in [2.45, 2.75) is 45.3 Å². The van der Waals surface area contributed by atoms with Gasteiger partial charge in [-0.05, 0) is 44.7 Å². The third-order valence-electron chi connectivity index (χ3n) is 3.55. The highest BCUT2D eigenvalue weighted by Crippen LogP contribution is 2.33. The first kappa shape index (κ1) is 16.3. The summed E-state index contributed by atoms with van der Waals surface area (Å²) in [5.74, 6) is 0.426. The number of ether oxygens (including phenoxy) is 1. The highest BCUT2D eigenvalue weighted by Gasteiger charge is 2.28. The van der Waals surface area contributed by atoms with Crippen LogP contribution in [0, 0.1) is 0 Å². The van der Waals surface area contributed by atoms with Gasteiger partial charge in [-0.2, -0.15) is 0 Å². The molecule has 0 aromatic heterocycles. The van der Waals surface area contributed by atoms with Crippen LogP contribution in [0.3, 0.4) is 0 Å². The van der Waals surface area contributed by atoms with E-state index in [4.69, 9.17) is 4.74 Å². The summed E-state index contributed by atoms with van der Waals surface area (Å²) in [6, 6.07) is 5.70. The molecule has 0 saturated heterocycles. The average molecular weight is 305 g/mol. The molecular weight excluding hydrogens is 282 g/mol. The summed E-state index contributed by atoms with van der Waals surface area (Å²) in [6.07, 6.45) is 1.20. The number of rotatable bonds is 2. The lowest BCUT2D eigenvalue weighted by atomic mass is 10.0. The number of hydrogen-bond donors (Lipinski definition) is 3. The number of benzene rings is 1. The largest absolute Gasteiger partial charge is 0.444 e. The van der Waals surface area contributed by atoms with Crippen LogP contribution in [0.15, 0.2) is 23.2 Å². The van der Waals surface area contributed by atoms with E-state index < -0.39 is 11.7 Å². The summed E-state index contributed by atoms with van der Waals surface area (Å²) in [6.45, 7) is 5.51. The van der Waals surface area contributed by atoms with Crippen molar-refractivity contribution in [3.63, 3.8) is 0 Å². The van der Waals surface area contributed by atoms with Gasteiger partial charge in [0.15, 0.2) is 5.84 Å². The van der Waals surface area contributed by atoms with Crippen LogP contribution >= 0.6 is 0 Å². The molecule has 120 valence electrons. The molecule has 0 bridgehead atoms. The number of carbonyl (C=O) groups is 1. The molecule has 22 heavy (non-hydrogen) atoms. The van der Waals surface area contributed by atoms with Gasteiger partial charge in [0, 0.05) is 12.6 Å². The summed E-state index contributed by atoms with van der Waals surface area (Å²) < 4.78 is 5.31. The minimum absolute atomic E-state index is 0.0819. The van der Waals surface area contributed by atoms with Crippen molar-refractivity contribution in [3.05, 3.63) is 34.9 Å². The Bertz CT molecular complexity index is 591. The van der Waals surface area contributed by atoms with Gasteiger partial charge in [0.1, 0.15) is 5.60 Å². The van der Waals surface area contributed by atoms with Gasteiger partial charge in [-0.1, -0.05) is 18.2 Å². The monoisotopic (exact) mass is 305 g/mol. The van der Waals surface area contributed by atoms with Crippen molar-refractivity contribution < 1.29 is 14.7 Å². The fraction of sp³-hybridized carbons (Fsp3) is 0.500. The third-order valence-corrected chi connectivity index (χ3v) is 3.55. The first-order chi connectivity index (χ1) is 10.4. The Morgan fingerprint density at radius 2 is 2.14 bits per heavy atom. The molecule has 0 unspecified atom stereocenters. The Hall–Kier alpha value is -2.08. The van der Waals surface area contributed by atoms with Crippen LogP contribution in [0.4, 0.5) is 4.79 Å². The first-order valence-electron chi connectivity index (χ1n) is 7.34. The lowest BCUT2D eigenvalue weighted by Gasteiger charge is -2.22. The highest BCUT2D eigenvalue weighted by molar-refractivity contribution is 5.99. The maximum atomic E-state index is 11.9. The van der Waals surface area contributed by atoms with Gasteiger partial charge in [0.25, 0.3) is 0 Å². The van der Waals surface area contributed by atoms with Crippen molar-refractivity contribution in [2.24, 2.45) is 4.99 Å². The molecule has 2 rings (SSSR count). The quantitative estimate of drug-likeness (QED) is 0.445. The number of amides is 1. The van der Waals surface area contributed by atoms with Gasteiger partial charge < -0.3 is 10.1 Å². The van der Waals surface area contributed by atoms with Crippen LogP contribution in [0.5, 0.6) is 0 Å². The van der Waals surface area contributed by atoms with E-state index in [1.807, 2.05) is 39.0 Å². The minimum Gasteiger partial charge on any atom is -0.444 e. The van der Waals surface area contributed by atoms with E-state index in [0.717, 1.165) is 29.5 Å². The zero-order valence-electron chi connectivity index (χ0n) is 13.4. The molecule has 1 aromatic carbocycles. The van der Waals surface area contributed by atoms with Crippen LogP contribution in [-0.4, -0.2) is 29.8 Å². The number of amidine groups is 1. The fourth-order valence-corrected chi connectivity index (χ4v) is 2.71. The van der Waals surface area contributed by atoms with Crippen molar-refractivity contribution >= 4 is 11.9 Å². The molecule has 0 spiro atoms. The van der Waals surface area contributed by atoms with Gasteiger partial charge in [0.2, 0.25) is 0 Å². The predicted octanol–water partition coefficient (Wildman–Crippen LogP) is 2.55. The summed E-state index contributed by atoms with van der Waals surface area (Å²) in [5, 5.41) is 12.1. The number of nitrogens with one attached hydrogen (secondary N) is 2. The second kappa shape index (κ2) is 6.36. The molecule has 6 heteroatoms. The number of carbonyl (C=O) groups excluding carboxylic acids is 1. The summed E-state index contributed by atoms with van der Waals surface area (Å²) in [7, 11) is 1.61. The Balaban J connectivity index is 2.20. The van der Waals surface area contributed by atoms with Crippen LogP contribution in [0.1, 0.15) is 49.9 Å². The number of hydroxylamine groups is 1. The molecule has 3 N–H and O–H groups in total. The summed E-state index contributed by atoms with van der Waals surface area (Å²) in [5.41, 5.74) is 4.59. The molecule has 1 aliphatic carbocycles. The zero-order valence-corrected chi connectivity index (χ0v) is 13.4. The van der Waals surface area contributed by atoms with E-state index in [1.54, 1.807) is 7.05 Å². The minimum atomic E-state index is -0.518. The molecule has 0 fully saturated rings. The lowest BCUT2D eigenvalue weighted by Crippen LogP contribution is -2.34. The Morgan fingerprint density at radius 1 is 1.41 bits per heavy atom. The van der Waals surface area contributed by atoms with E-state index in [9.17, 15) is 10.0 Å². The zero-order chi connectivity index (χ0) is 16.3. The van der Waals surface area contributed by atoms with Crippen LogP contribution in [0.2, 0.25) is 0 Å². The predicted molar refractivity (Wildman–Crippen MR) is 84.3 cm³/mol. The van der Waals surface area contributed by atoms with E-state index in [0.29, 0.717) is 5.84 Å². The van der Waals surface area contributed by atoms with Crippen molar-refractivity contribution in [1.82, 2.24) is 10.8 Å². The molecule has 1 atom stereocenters. The smallest absolute Gasteiger partial charge is 0.408 e. The lowest BCUT2D eigenvalue weighted by molar-refractivity contribution is 0.0503. The summed E-state index contributed by atoms with van der Waals surface area (Å²) >= 11 is 0. The van der Waals surface area contributed by atoms with E-state index in [2.05, 4.69) is 15.8 Å². The van der Waals surface area contributed by atoms with Gasteiger partial charge in [-0.15, -0.1) is 0 Å². The first-order valence-corrected chi connectivity index (χ1v) is 7.34. The van der Waals surface area contributed by atoms with Gasteiger partial charge in [-0.25, -0.2) is 4.79 Å². The standard InChI is InChI=1S/C16H23N3O3/c1-16(2,3)22-15(20)18-13-9-8-10-11(13)6-5-7-12(10)14(17-4)19-21/h5-7,13,21H,8-9H2,1-4H3,(H,17,19)(H,18,20)/t13-/m1/s1. The van der Waals surface area contributed by atoms with Crippen LogP contribution < -0.4 is 10.8 Å². The van der Waals surface area contributed by atoms with Crippen molar-refractivity contribution in [3.8, 4) is 0 Å². The van der Waals surface area contributed by atoms with E-state index in [-0.39, 0.29) is 6.04 Å². The van der Waals surface area contributed by atoms with Gasteiger partial charge in [0.05, 0.1) is 6.04 Å². The van der Waals surface area contributed by atoms with Crippen LogP contribution in [-0.2, 0) is 11.2 Å². The number of alkyl carbamates (subject to hydrolysis) is 1. The molecule has 0 saturated carbocycles. The highest BCUT2D eigenvalue weighted by atomic mass is 16.6. The van der Waals surface area contributed by atoms with E-state index >= 15 is 0 Å². The molecule has 6 nitrogen and oxygen atoms in total. The van der Waals surface area contributed by atoms with Gasteiger partial charge in [-0.3, -0.25) is 15.7 Å². The second-order valence-electron chi connectivity index (χ2n) is 6.29. The molecule has 0 heterocycles. The molecule has 0 aliphatic heterocycles. The number of hydrogen-bond acceptors (Lipinski definition) is 4. The topological polar surface area (TPSA) is 83.0 Å². The van der Waals surface area contributed by atoms with E-state index in [1.165, 1.54) is 0 Å². The third kappa shape index (κ3) is 3.57. The SMILES string of the molecule is C/N=C(\NO)c1cccc2c1CC[C@H]2NC(=O)OC(C)(C)C.